The fourth-order valence-corrected chi connectivity index (χ4v) is 19.1. The van der Waals surface area contributed by atoms with Gasteiger partial charge in [0.15, 0.2) is 27.2 Å². The number of ether oxygens (including phenoxy) is 8. The third-order valence-corrected chi connectivity index (χ3v) is 26.4. The predicted octanol–water partition coefficient (Wildman–Crippen LogP) is 23.6. The largest absolute Gasteiger partial charge is 0.467 e. The lowest BCUT2D eigenvalue weighted by Gasteiger charge is -2.29. The van der Waals surface area contributed by atoms with Crippen molar-refractivity contribution < 1.29 is 37.9 Å². The number of hydrogen-bond acceptors (Lipinski definition) is 12. The molecule has 642 valence electrons. The minimum Gasteiger partial charge on any atom is -0.467 e. The molecule has 16 heteroatoms. The third kappa shape index (κ3) is 29.1. The zero-order valence-electron chi connectivity index (χ0n) is 76.4. The normalized spacial score (nSPS) is 12.3. The first kappa shape index (κ1) is 96.9. The van der Waals surface area contributed by atoms with E-state index in [2.05, 4.69) is 247 Å². The van der Waals surface area contributed by atoms with Crippen LogP contribution in [0, 0.1) is 41.5 Å². The molecule has 0 N–H and O–H groups in total. The molecule has 123 heavy (non-hydrogen) atoms. The second-order valence-corrected chi connectivity index (χ2v) is 39.5. The lowest BCUT2D eigenvalue weighted by molar-refractivity contribution is 0.0504. The summed E-state index contributed by atoms with van der Waals surface area (Å²) >= 11 is 0. The van der Waals surface area contributed by atoms with Gasteiger partial charge in [0.25, 0.3) is 0 Å². The van der Waals surface area contributed by atoms with Crippen LogP contribution in [0.4, 0.5) is 22.7 Å². The molecule has 12 nitrogen and oxygen atoms in total. The van der Waals surface area contributed by atoms with E-state index in [-0.39, 0.29) is 48.8 Å². The molecule has 12 aromatic rings. The van der Waals surface area contributed by atoms with Crippen LogP contribution in [0.1, 0.15) is 168 Å². The third-order valence-electron chi connectivity index (χ3n) is 20.1. The van der Waals surface area contributed by atoms with E-state index in [0.29, 0.717) is 34.3 Å². The fourth-order valence-electron chi connectivity index (χ4n) is 13.4. The van der Waals surface area contributed by atoms with Crippen LogP contribution in [0.3, 0.4) is 0 Å². The van der Waals surface area contributed by atoms with E-state index in [0.717, 1.165) is 79.0 Å². The average Bonchev–Trinajstić information content (AvgIpc) is 0.771. The maximum atomic E-state index is 6.24. The molecule has 4 atom stereocenters. The number of aliphatic imine (C=N–C) groups is 4. The zero-order valence-corrected chi connectivity index (χ0v) is 80.4. The summed E-state index contributed by atoms with van der Waals surface area (Å²) < 4.78 is 45.0. The number of hydrogen-bond donors (Lipinski definition) is 0. The number of para-hydroxylation sites is 5. The van der Waals surface area contributed by atoms with Crippen molar-refractivity contribution in [3.05, 3.63) is 333 Å². The van der Waals surface area contributed by atoms with Gasteiger partial charge in [0.1, 0.15) is 23.0 Å². The number of rotatable bonds is 28. The molecule has 0 spiro atoms. The Morgan fingerprint density at radius 3 is 1.04 bits per heavy atom. The summed E-state index contributed by atoms with van der Waals surface area (Å²) in [6, 6.07) is 87.6. The highest BCUT2D eigenvalue weighted by molar-refractivity contribution is 7.57. The van der Waals surface area contributed by atoms with Gasteiger partial charge < -0.3 is 37.9 Å². The van der Waals surface area contributed by atoms with Crippen molar-refractivity contribution in [3.8, 4) is 23.0 Å². The van der Waals surface area contributed by atoms with Crippen LogP contribution in [-0.4, -0.2) is 80.0 Å². The highest BCUT2D eigenvalue weighted by atomic mass is 31.1. The molecule has 12 aromatic carbocycles. The van der Waals surface area contributed by atoms with Crippen molar-refractivity contribution in [3.63, 3.8) is 0 Å². The Bertz CT molecular complexity index is 5430. The molecular weight excluding hydrogens is 1590 g/mol. The first-order valence-corrected chi connectivity index (χ1v) is 45.7. The summed E-state index contributed by atoms with van der Waals surface area (Å²) in [7, 11) is 8.43. The van der Waals surface area contributed by atoms with Crippen molar-refractivity contribution in [1.82, 2.24) is 0 Å². The lowest BCUT2D eigenvalue weighted by Crippen LogP contribution is -2.24. The van der Waals surface area contributed by atoms with Gasteiger partial charge in [0.2, 0.25) is 0 Å². The lowest BCUT2D eigenvalue weighted by atomic mass is 9.80. The van der Waals surface area contributed by atoms with Gasteiger partial charge in [-0.15, -0.1) is 0 Å². The molecule has 0 aromatic heterocycles. The molecule has 0 heterocycles. The maximum absolute atomic E-state index is 6.24. The molecule has 0 fully saturated rings. The van der Waals surface area contributed by atoms with Crippen molar-refractivity contribution >= 4 is 124 Å². The SMILES string of the molecule is COCOc1c(C)cc(C(C)(C)C)cc1Pc1c(C)cccc1C=Nc1ccccc1.COCOc1c(Pc2c(C)cccc2C=Nc2ccccc2)cc(C(C)(C)C)cc1C(C)(C)C.COCOc1c(Pc2c(C)cccc2C=Nc2ccccc2)cc(C)cc1C(C)(C)C.COCOc1ccccc1Pc1c(C)cccc1C(C)=Nc1ccccc1. The van der Waals surface area contributed by atoms with Gasteiger partial charge in [-0.2, -0.15) is 0 Å². The second-order valence-electron chi connectivity index (χ2n) is 34.4. The predicted molar refractivity (Wildman–Crippen MR) is 535 cm³/mol. The van der Waals surface area contributed by atoms with Crippen LogP contribution in [-0.2, 0) is 40.6 Å². The van der Waals surface area contributed by atoms with Gasteiger partial charge in [-0.25, -0.2) is 0 Å². The molecular formula is C107H126N4O8P4. The zero-order chi connectivity index (χ0) is 88.9. The molecule has 0 aliphatic rings. The van der Waals surface area contributed by atoms with E-state index < -0.39 is 0 Å². The molecule has 0 aliphatic carbocycles. The van der Waals surface area contributed by atoms with Crippen LogP contribution in [0.15, 0.2) is 275 Å². The first-order valence-electron chi connectivity index (χ1n) is 41.7. The quantitative estimate of drug-likeness (QED) is 0.0270. The average molecular weight is 1720 g/mol. The van der Waals surface area contributed by atoms with Crippen LogP contribution < -0.4 is 61.4 Å². The van der Waals surface area contributed by atoms with E-state index in [9.17, 15) is 0 Å². The van der Waals surface area contributed by atoms with Crippen molar-refractivity contribution in [2.24, 2.45) is 20.0 Å². The minimum atomic E-state index is -0.0626. The van der Waals surface area contributed by atoms with E-state index in [1.165, 1.54) is 92.8 Å². The van der Waals surface area contributed by atoms with E-state index in [1.807, 2.05) is 158 Å². The molecule has 0 saturated heterocycles. The molecule has 0 bridgehead atoms. The van der Waals surface area contributed by atoms with Gasteiger partial charge in [-0.05, 0) is 209 Å². The minimum absolute atomic E-state index is 0.0301. The number of aryl methyl sites for hydroxylation is 6. The van der Waals surface area contributed by atoms with Crippen LogP contribution in [0.2, 0.25) is 0 Å². The van der Waals surface area contributed by atoms with Crippen molar-refractivity contribution in [2.75, 3.05) is 55.6 Å². The van der Waals surface area contributed by atoms with Gasteiger partial charge in [0.05, 0.1) is 22.7 Å². The molecule has 4 unspecified atom stereocenters. The Morgan fingerprint density at radius 1 is 0.301 bits per heavy atom. The number of nitrogens with zero attached hydrogens (tertiary/aromatic N) is 4. The van der Waals surface area contributed by atoms with E-state index >= 15 is 0 Å². The molecule has 0 saturated carbocycles. The van der Waals surface area contributed by atoms with Crippen molar-refractivity contribution in [1.29, 1.82) is 0 Å². The number of methoxy groups -OCH3 is 4. The summed E-state index contributed by atoms with van der Waals surface area (Å²) in [4.78, 5) is 18.9. The topological polar surface area (TPSA) is 123 Å². The molecule has 0 radical (unpaired) electrons. The second kappa shape index (κ2) is 46.7. The summed E-state index contributed by atoms with van der Waals surface area (Å²) in [6.45, 7) is 42.9. The molecule has 12 rings (SSSR count). The number of benzene rings is 12. The maximum Gasteiger partial charge on any atom is 0.188 e. The van der Waals surface area contributed by atoms with Crippen LogP contribution in [0.5, 0.6) is 23.0 Å². The van der Waals surface area contributed by atoms with Gasteiger partial charge in [-0.3, -0.25) is 20.0 Å². The van der Waals surface area contributed by atoms with Crippen molar-refractivity contribution in [2.45, 2.75) is 153 Å². The standard InChI is InChI=1S/C30H38NO2P.2C27H32NO2P.C23H24NO2P/c1-21-13-12-14-22(19-31-24-15-10-9-11-16-24)28(21)34-26-18-23(29(2,3)4)17-25(30(5,6)7)27(26)33-20-32-8;1-19-15-23(27(3,4)5)25(30-18-29-6)24(16-19)31-26-20(2)11-10-12-21(26)17-28-22-13-8-7-9-14-22;1-19-11-10-12-21(17-28-23-13-8-7-9-14-23)26(19)31-24-16-22(27(3,4)5)15-20(2)25(24)30-18-29-6;1-17-10-9-13-20(18(2)24-19-11-5-4-6-12-19)23(17)27-22-15-8-7-14-21(22)26-16-25-3/h9-19,34H,20H2,1-8H3;2*7-17,31H,18H2,1-6H3;4-15,27H,16H2,1-3H3. The Balaban J connectivity index is 0.000000187. The monoisotopic (exact) mass is 1720 g/mol. The smallest absolute Gasteiger partial charge is 0.188 e. The Kier molecular flexibility index (Phi) is 36.8. The highest BCUT2D eigenvalue weighted by Crippen LogP contribution is 2.40. The molecule has 0 amide bonds. The summed E-state index contributed by atoms with van der Waals surface area (Å²) in [5, 5.41) is 9.93. The first-order chi connectivity index (χ1) is 58.8. The van der Waals surface area contributed by atoms with Gasteiger partial charge in [-0.1, -0.05) is 299 Å². The Morgan fingerprint density at radius 2 is 0.634 bits per heavy atom. The van der Waals surface area contributed by atoms with E-state index in [4.69, 9.17) is 57.9 Å². The highest BCUT2D eigenvalue weighted by Gasteiger charge is 2.29. The summed E-state index contributed by atoms with van der Waals surface area (Å²) in [6.07, 6.45) is 5.93. The van der Waals surface area contributed by atoms with Gasteiger partial charge >= 0.3 is 0 Å². The van der Waals surface area contributed by atoms with Crippen LogP contribution in [0.25, 0.3) is 0 Å². The van der Waals surface area contributed by atoms with Crippen LogP contribution >= 0.6 is 34.3 Å². The Hall–Kier alpha value is -9.92. The summed E-state index contributed by atoms with van der Waals surface area (Å²) in [5.41, 5.74) is 21.9. The fraction of sp³-hybridized carbons (Fsp3) is 0.290. The van der Waals surface area contributed by atoms with Gasteiger partial charge in [0, 0.05) is 107 Å². The summed E-state index contributed by atoms with van der Waals surface area (Å²) in [5.74, 6) is 3.66. The molecule has 0 aliphatic heterocycles. The van der Waals surface area contributed by atoms with E-state index in [1.54, 1.807) is 28.4 Å². The Labute approximate surface area is 741 Å².